The summed E-state index contributed by atoms with van der Waals surface area (Å²) < 4.78 is 5.31. The van der Waals surface area contributed by atoms with Gasteiger partial charge in [0.15, 0.2) is 0 Å². The zero-order valence-corrected chi connectivity index (χ0v) is 12.1. The van der Waals surface area contributed by atoms with E-state index in [0.717, 1.165) is 18.6 Å². The Morgan fingerprint density at radius 2 is 2.30 bits per heavy atom. The third-order valence-electron chi connectivity index (χ3n) is 3.83. The summed E-state index contributed by atoms with van der Waals surface area (Å²) in [5.74, 6) is 0.927. The standard InChI is InChI=1S/C15H22N2O3/c1-3-13-15(19)17(9-8-14(18)16-13)11(2)6-7-12-5-4-10-20-12/h4-5,10-11,13H,3,6-9H2,1-2H3,(H,16,18). The molecule has 5 nitrogen and oxygen atoms in total. The van der Waals surface area contributed by atoms with Crippen LogP contribution in [0.15, 0.2) is 22.8 Å². The summed E-state index contributed by atoms with van der Waals surface area (Å²) in [7, 11) is 0. The topological polar surface area (TPSA) is 62.6 Å². The fraction of sp³-hybridized carbons (Fsp3) is 0.600. The van der Waals surface area contributed by atoms with E-state index in [2.05, 4.69) is 5.32 Å². The Hall–Kier alpha value is -1.78. The van der Waals surface area contributed by atoms with E-state index in [1.54, 1.807) is 6.26 Å². The van der Waals surface area contributed by atoms with E-state index < -0.39 is 0 Å². The first-order valence-electron chi connectivity index (χ1n) is 7.24. The number of nitrogens with zero attached hydrogens (tertiary/aromatic N) is 1. The van der Waals surface area contributed by atoms with Gasteiger partial charge in [0, 0.05) is 25.4 Å². The molecular formula is C15H22N2O3. The number of hydrogen-bond acceptors (Lipinski definition) is 3. The van der Waals surface area contributed by atoms with Crippen LogP contribution in [0.2, 0.25) is 0 Å². The number of carbonyl (C=O) groups excluding carboxylic acids is 2. The maximum atomic E-state index is 12.4. The van der Waals surface area contributed by atoms with Crippen LogP contribution in [0.25, 0.3) is 0 Å². The van der Waals surface area contributed by atoms with Crippen LogP contribution in [0.5, 0.6) is 0 Å². The lowest BCUT2D eigenvalue weighted by Crippen LogP contribution is -2.47. The van der Waals surface area contributed by atoms with E-state index in [1.165, 1.54) is 0 Å². The molecule has 1 aliphatic heterocycles. The number of rotatable bonds is 5. The molecule has 0 aliphatic carbocycles. The Labute approximate surface area is 119 Å². The van der Waals surface area contributed by atoms with Gasteiger partial charge in [-0.25, -0.2) is 0 Å². The quantitative estimate of drug-likeness (QED) is 0.892. The zero-order valence-electron chi connectivity index (χ0n) is 12.1. The second-order valence-electron chi connectivity index (χ2n) is 5.28. The van der Waals surface area contributed by atoms with Crippen LogP contribution in [-0.2, 0) is 16.0 Å². The van der Waals surface area contributed by atoms with Crippen LogP contribution in [0.1, 0.15) is 38.9 Å². The van der Waals surface area contributed by atoms with Crippen molar-refractivity contribution in [2.75, 3.05) is 6.54 Å². The summed E-state index contributed by atoms with van der Waals surface area (Å²) in [6.45, 7) is 4.45. The van der Waals surface area contributed by atoms with Gasteiger partial charge < -0.3 is 14.6 Å². The van der Waals surface area contributed by atoms with Crippen molar-refractivity contribution in [3.8, 4) is 0 Å². The van der Waals surface area contributed by atoms with Gasteiger partial charge in [0.2, 0.25) is 11.8 Å². The Bertz CT molecular complexity index is 456. The highest BCUT2D eigenvalue weighted by atomic mass is 16.3. The van der Waals surface area contributed by atoms with Gasteiger partial charge in [-0.3, -0.25) is 9.59 Å². The van der Waals surface area contributed by atoms with Crippen molar-refractivity contribution in [2.24, 2.45) is 0 Å². The molecule has 2 atom stereocenters. The molecule has 5 heteroatoms. The molecule has 110 valence electrons. The van der Waals surface area contributed by atoms with Crippen LogP contribution in [-0.4, -0.2) is 35.3 Å². The molecule has 1 saturated heterocycles. The van der Waals surface area contributed by atoms with Gasteiger partial charge in [0.1, 0.15) is 11.8 Å². The third-order valence-corrected chi connectivity index (χ3v) is 3.83. The summed E-state index contributed by atoms with van der Waals surface area (Å²) in [5.41, 5.74) is 0. The largest absolute Gasteiger partial charge is 0.469 e. The maximum Gasteiger partial charge on any atom is 0.245 e. The molecule has 1 aromatic heterocycles. The second-order valence-corrected chi connectivity index (χ2v) is 5.28. The van der Waals surface area contributed by atoms with Gasteiger partial charge >= 0.3 is 0 Å². The van der Waals surface area contributed by atoms with Gasteiger partial charge in [-0.05, 0) is 31.9 Å². The minimum atomic E-state index is -0.379. The molecule has 1 aliphatic rings. The van der Waals surface area contributed by atoms with Crippen molar-refractivity contribution in [1.29, 1.82) is 0 Å². The molecule has 2 rings (SSSR count). The lowest BCUT2D eigenvalue weighted by molar-refractivity contribution is -0.135. The van der Waals surface area contributed by atoms with Crippen molar-refractivity contribution in [2.45, 2.75) is 51.6 Å². The van der Waals surface area contributed by atoms with Crippen molar-refractivity contribution >= 4 is 11.8 Å². The Balaban J connectivity index is 1.97. The minimum Gasteiger partial charge on any atom is -0.469 e. The van der Waals surface area contributed by atoms with E-state index in [0.29, 0.717) is 19.4 Å². The number of aryl methyl sites for hydroxylation is 1. The fourth-order valence-electron chi connectivity index (χ4n) is 2.54. The summed E-state index contributed by atoms with van der Waals surface area (Å²) in [6.07, 6.45) is 4.31. The van der Waals surface area contributed by atoms with Crippen LogP contribution >= 0.6 is 0 Å². The van der Waals surface area contributed by atoms with Crippen molar-refractivity contribution < 1.29 is 14.0 Å². The van der Waals surface area contributed by atoms with Gasteiger partial charge in [-0.2, -0.15) is 0 Å². The van der Waals surface area contributed by atoms with E-state index in [1.807, 2.05) is 30.9 Å². The molecule has 1 fully saturated rings. The number of furan rings is 1. The molecule has 1 N–H and O–H groups in total. The Morgan fingerprint density at radius 1 is 1.50 bits per heavy atom. The summed E-state index contributed by atoms with van der Waals surface area (Å²) >= 11 is 0. The lowest BCUT2D eigenvalue weighted by atomic mass is 10.1. The van der Waals surface area contributed by atoms with E-state index in [-0.39, 0.29) is 23.9 Å². The second kappa shape index (κ2) is 6.59. The van der Waals surface area contributed by atoms with Crippen molar-refractivity contribution in [1.82, 2.24) is 10.2 Å². The summed E-state index contributed by atoms with van der Waals surface area (Å²) in [5, 5.41) is 2.78. The molecule has 0 spiro atoms. The van der Waals surface area contributed by atoms with Gasteiger partial charge in [-0.1, -0.05) is 6.92 Å². The zero-order chi connectivity index (χ0) is 14.5. The fourth-order valence-corrected chi connectivity index (χ4v) is 2.54. The highest BCUT2D eigenvalue weighted by Gasteiger charge is 2.31. The molecule has 0 saturated carbocycles. The van der Waals surface area contributed by atoms with Crippen LogP contribution in [0, 0.1) is 0 Å². The first-order chi connectivity index (χ1) is 9.61. The predicted octanol–water partition coefficient (Wildman–Crippen LogP) is 1.73. The van der Waals surface area contributed by atoms with Gasteiger partial charge in [-0.15, -0.1) is 0 Å². The van der Waals surface area contributed by atoms with Crippen LogP contribution in [0.4, 0.5) is 0 Å². The normalized spacial score (nSPS) is 21.5. The molecular weight excluding hydrogens is 256 g/mol. The molecule has 20 heavy (non-hydrogen) atoms. The Morgan fingerprint density at radius 3 is 2.95 bits per heavy atom. The monoisotopic (exact) mass is 278 g/mol. The van der Waals surface area contributed by atoms with Gasteiger partial charge in [0.25, 0.3) is 0 Å². The molecule has 0 bridgehead atoms. The average Bonchev–Trinajstić information content (AvgIpc) is 2.90. The maximum absolute atomic E-state index is 12.4. The van der Waals surface area contributed by atoms with Gasteiger partial charge in [0.05, 0.1) is 6.26 Å². The molecule has 0 aromatic carbocycles. The highest BCUT2D eigenvalue weighted by molar-refractivity contribution is 5.90. The average molecular weight is 278 g/mol. The van der Waals surface area contributed by atoms with E-state index >= 15 is 0 Å². The number of hydrogen-bond donors (Lipinski definition) is 1. The predicted molar refractivity (Wildman–Crippen MR) is 75.0 cm³/mol. The van der Waals surface area contributed by atoms with Crippen LogP contribution < -0.4 is 5.32 Å². The number of nitrogens with one attached hydrogen (secondary N) is 1. The summed E-state index contributed by atoms with van der Waals surface area (Å²) in [4.78, 5) is 25.8. The van der Waals surface area contributed by atoms with Crippen molar-refractivity contribution in [3.63, 3.8) is 0 Å². The third kappa shape index (κ3) is 3.40. The highest BCUT2D eigenvalue weighted by Crippen LogP contribution is 2.15. The number of amides is 2. The molecule has 2 amide bonds. The van der Waals surface area contributed by atoms with E-state index in [9.17, 15) is 9.59 Å². The molecule has 2 unspecified atom stereocenters. The number of carbonyl (C=O) groups is 2. The Kier molecular flexibility index (Phi) is 4.82. The first-order valence-corrected chi connectivity index (χ1v) is 7.24. The summed E-state index contributed by atoms with van der Waals surface area (Å²) in [6, 6.07) is 3.54. The SMILES string of the molecule is CCC1NC(=O)CCN(C(C)CCc2ccco2)C1=O. The lowest BCUT2D eigenvalue weighted by Gasteiger charge is -2.29. The minimum absolute atomic E-state index is 0.0327. The smallest absolute Gasteiger partial charge is 0.245 e. The first kappa shape index (κ1) is 14.6. The van der Waals surface area contributed by atoms with E-state index in [4.69, 9.17) is 4.42 Å². The molecule has 0 radical (unpaired) electrons. The van der Waals surface area contributed by atoms with Crippen LogP contribution in [0.3, 0.4) is 0 Å². The van der Waals surface area contributed by atoms with Crippen molar-refractivity contribution in [3.05, 3.63) is 24.2 Å². The molecule has 2 heterocycles. The molecule has 1 aromatic rings.